The monoisotopic (exact) mass is 262 g/mol. The van der Waals surface area contributed by atoms with E-state index in [-0.39, 0.29) is 12.5 Å². The number of hydrogen-bond donors (Lipinski definition) is 2. The molecule has 102 valence electrons. The normalized spacial score (nSPS) is 17.9. The minimum absolute atomic E-state index is 0.133. The highest BCUT2D eigenvalue weighted by Crippen LogP contribution is 2.16. The summed E-state index contributed by atoms with van der Waals surface area (Å²) in [4.78, 5) is 24.0. The van der Waals surface area contributed by atoms with Gasteiger partial charge in [0.25, 0.3) is 0 Å². The second kappa shape index (κ2) is 6.33. The van der Waals surface area contributed by atoms with Crippen LogP contribution in [0.5, 0.6) is 0 Å². The van der Waals surface area contributed by atoms with E-state index in [4.69, 9.17) is 5.11 Å². The summed E-state index contributed by atoms with van der Waals surface area (Å²) >= 11 is 0. The summed E-state index contributed by atoms with van der Waals surface area (Å²) in [5, 5.41) is 11.9. The molecule has 1 saturated heterocycles. The van der Waals surface area contributed by atoms with Crippen LogP contribution in [0.1, 0.15) is 12.0 Å². The summed E-state index contributed by atoms with van der Waals surface area (Å²) in [6.07, 6.45) is 1.42. The number of amides is 1. The minimum Gasteiger partial charge on any atom is -0.480 e. The smallest absolute Gasteiger partial charge is 0.326 e. The fourth-order valence-corrected chi connectivity index (χ4v) is 2.12. The van der Waals surface area contributed by atoms with E-state index in [1.165, 1.54) is 10.5 Å². The molecular formula is C14H18N2O3. The van der Waals surface area contributed by atoms with Gasteiger partial charge in [0, 0.05) is 6.54 Å². The molecule has 2 rings (SSSR count). The lowest BCUT2D eigenvalue weighted by atomic mass is 10.0. The third-order valence-electron chi connectivity index (χ3n) is 3.33. The van der Waals surface area contributed by atoms with Crippen molar-refractivity contribution in [2.45, 2.75) is 18.9 Å². The van der Waals surface area contributed by atoms with Gasteiger partial charge >= 0.3 is 5.97 Å². The molecule has 1 fully saturated rings. The summed E-state index contributed by atoms with van der Waals surface area (Å²) in [6.45, 7) is 1.47. The number of aliphatic carboxylic acids is 1. The zero-order valence-corrected chi connectivity index (χ0v) is 10.7. The summed E-state index contributed by atoms with van der Waals surface area (Å²) in [7, 11) is 0. The van der Waals surface area contributed by atoms with Gasteiger partial charge in [-0.2, -0.15) is 0 Å². The lowest BCUT2D eigenvalue weighted by Crippen LogP contribution is -2.57. The maximum atomic E-state index is 11.8. The zero-order valence-electron chi connectivity index (χ0n) is 10.7. The number of nitrogens with zero attached hydrogens (tertiary/aromatic N) is 1. The third-order valence-corrected chi connectivity index (χ3v) is 3.33. The number of carbonyl (C=O) groups is 2. The fraction of sp³-hybridized carbons (Fsp3) is 0.429. The Kier molecular flexibility index (Phi) is 4.52. The molecular weight excluding hydrogens is 244 g/mol. The molecule has 1 aromatic rings. The highest BCUT2D eigenvalue weighted by atomic mass is 16.4. The third kappa shape index (κ3) is 3.54. The van der Waals surface area contributed by atoms with Gasteiger partial charge in [-0.25, -0.2) is 4.79 Å². The number of nitrogens with one attached hydrogen (secondary N) is 1. The molecule has 0 spiro atoms. The van der Waals surface area contributed by atoms with Crippen molar-refractivity contribution in [3.8, 4) is 0 Å². The molecule has 0 aromatic heterocycles. The van der Waals surface area contributed by atoms with E-state index < -0.39 is 12.0 Å². The van der Waals surface area contributed by atoms with Crippen LogP contribution in [-0.4, -0.2) is 47.6 Å². The van der Waals surface area contributed by atoms with Crippen molar-refractivity contribution in [3.05, 3.63) is 35.9 Å². The number of benzene rings is 1. The van der Waals surface area contributed by atoms with Crippen molar-refractivity contribution in [2.24, 2.45) is 0 Å². The molecule has 19 heavy (non-hydrogen) atoms. The van der Waals surface area contributed by atoms with Crippen LogP contribution in [0.25, 0.3) is 0 Å². The van der Waals surface area contributed by atoms with Gasteiger partial charge < -0.3 is 15.3 Å². The van der Waals surface area contributed by atoms with Crippen LogP contribution >= 0.6 is 0 Å². The van der Waals surface area contributed by atoms with Crippen molar-refractivity contribution < 1.29 is 14.7 Å². The Morgan fingerprint density at radius 2 is 2.05 bits per heavy atom. The Bertz CT molecular complexity index is 447. The van der Waals surface area contributed by atoms with Crippen LogP contribution in [0.4, 0.5) is 0 Å². The quantitative estimate of drug-likeness (QED) is 0.733. The Morgan fingerprint density at radius 3 is 2.63 bits per heavy atom. The lowest BCUT2D eigenvalue weighted by molar-refractivity contribution is -0.156. The number of likely N-dealkylation sites (tertiary alicyclic amines) is 1. The van der Waals surface area contributed by atoms with E-state index in [2.05, 4.69) is 5.32 Å². The Balaban J connectivity index is 1.66. The van der Waals surface area contributed by atoms with Crippen LogP contribution in [0.3, 0.4) is 0 Å². The van der Waals surface area contributed by atoms with Crippen LogP contribution in [-0.2, 0) is 16.0 Å². The molecule has 1 aliphatic heterocycles. The average Bonchev–Trinajstić information content (AvgIpc) is 2.34. The molecule has 1 heterocycles. The second-order valence-electron chi connectivity index (χ2n) is 4.64. The molecule has 0 bridgehead atoms. The van der Waals surface area contributed by atoms with Gasteiger partial charge in [-0.05, 0) is 24.9 Å². The predicted molar refractivity (Wildman–Crippen MR) is 70.8 cm³/mol. The number of hydrogen-bond acceptors (Lipinski definition) is 3. The lowest BCUT2D eigenvalue weighted by Gasteiger charge is -2.38. The maximum Gasteiger partial charge on any atom is 0.326 e. The molecule has 0 saturated carbocycles. The SMILES string of the molecule is O=C(O)[C@@H]1CCN1C(=O)CNCCc1ccccc1. The molecule has 5 heteroatoms. The van der Waals surface area contributed by atoms with Gasteiger partial charge in [0.1, 0.15) is 6.04 Å². The summed E-state index contributed by atoms with van der Waals surface area (Å²) in [6, 6.07) is 9.40. The molecule has 1 amide bonds. The first-order valence-electron chi connectivity index (χ1n) is 6.45. The molecule has 2 N–H and O–H groups in total. The van der Waals surface area contributed by atoms with E-state index in [0.29, 0.717) is 19.5 Å². The molecule has 1 atom stereocenters. The summed E-state index contributed by atoms with van der Waals surface area (Å²) in [5.74, 6) is -1.05. The summed E-state index contributed by atoms with van der Waals surface area (Å²) < 4.78 is 0. The molecule has 1 aliphatic rings. The van der Waals surface area contributed by atoms with Crippen molar-refractivity contribution in [1.29, 1.82) is 0 Å². The molecule has 1 aromatic carbocycles. The number of carboxylic acids is 1. The van der Waals surface area contributed by atoms with Crippen LogP contribution in [0, 0.1) is 0 Å². The Labute approximate surface area is 112 Å². The van der Waals surface area contributed by atoms with E-state index in [1.807, 2.05) is 30.3 Å². The first-order chi connectivity index (χ1) is 9.18. The topological polar surface area (TPSA) is 69.6 Å². The first-order valence-corrected chi connectivity index (χ1v) is 6.45. The number of rotatable bonds is 6. The highest BCUT2D eigenvalue weighted by molar-refractivity contribution is 5.86. The molecule has 0 radical (unpaired) electrons. The fourth-order valence-electron chi connectivity index (χ4n) is 2.12. The van der Waals surface area contributed by atoms with E-state index in [1.54, 1.807) is 0 Å². The van der Waals surface area contributed by atoms with Gasteiger partial charge in [0.05, 0.1) is 6.54 Å². The van der Waals surface area contributed by atoms with Crippen molar-refractivity contribution in [2.75, 3.05) is 19.6 Å². The zero-order chi connectivity index (χ0) is 13.7. The Hall–Kier alpha value is -1.88. The minimum atomic E-state index is -0.913. The maximum absolute atomic E-state index is 11.8. The van der Waals surface area contributed by atoms with Gasteiger partial charge in [-0.15, -0.1) is 0 Å². The standard InChI is InChI=1S/C14H18N2O3/c17-13(16-9-7-12(16)14(18)19)10-15-8-6-11-4-2-1-3-5-11/h1-5,12,15H,6-10H2,(H,18,19)/t12-/m0/s1. The number of carbonyl (C=O) groups excluding carboxylic acids is 1. The van der Waals surface area contributed by atoms with Gasteiger partial charge in [-0.3, -0.25) is 4.79 Å². The van der Waals surface area contributed by atoms with Crippen LogP contribution in [0.15, 0.2) is 30.3 Å². The van der Waals surface area contributed by atoms with E-state index in [9.17, 15) is 9.59 Å². The second-order valence-corrected chi connectivity index (χ2v) is 4.64. The summed E-state index contributed by atoms with van der Waals surface area (Å²) in [5.41, 5.74) is 1.22. The molecule has 0 unspecified atom stereocenters. The van der Waals surface area contributed by atoms with Crippen molar-refractivity contribution in [3.63, 3.8) is 0 Å². The molecule has 0 aliphatic carbocycles. The van der Waals surface area contributed by atoms with Crippen LogP contribution < -0.4 is 5.32 Å². The van der Waals surface area contributed by atoms with Crippen LogP contribution in [0.2, 0.25) is 0 Å². The van der Waals surface area contributed by atoms with E-state index >= 15 is 0 Å². The van der Waals surface area contributed by atoms with Gasteiger partial charge in [0.15, 0.2) is 0 Å². The van der Waals surface area contributed by atoms with Crippen molar-refractivity contribution in [1.82, 2.24) is 10.2 Å². The Morgan fingerprint density at radius 1 is 1.32 bits per heavy atom. The first kappa shape index (κ1) is 13.5. The predicted octanol–water partition coefficient (Wildman–Crippen LogP) is 0.504. The number of carboxylic acid groups (broad SMARTS) is 1. The highest BCUT2D eigenvalue weighted by Gasteiger charge is 2.36. The largest absolute Gasteiger partial charge is 0.480 e. The van der Waals surface area contributed by atoms with Gasteiger partial charge in [-0.1, -0.05) is 30.3 Å². The average molecular weight is 262 g/mol. The van der Waals surface area contributed by atoms with Gasteiger partial charge in [0.2, 0.25) is 5.91 Å². The van der Waals surface area contributed by atoms with E-state index in [0.717, 1.165) is 6.42 Å². The van der Waals surface area contributed by atoms with Crippen molar-refractivity contribution >= 4 is 11.9 Å². The molecule has 5 nitrogen and oxygen atoms in total.